The molecule has 0 saturated carbocycles. The van der Waals surface area contributed by atoms with Crippen LogP contribution in [0.1, 0.15) is 0 Å². The fourth-order valence-electron chi connectivity index (χ4n) is 0.312. The Kier molecular flexibility index (Phi) is 4.84. The third-order valence-electron chi connectivity index (χ3n) is 0.764. The topological polar surface area (TPSA) is 33.0 Å². The molecule has 0 aliphatic rings. The molecule has 0 radical (unpaired) electrons. The number of hydrogen-bond donors (Lipinski definition) is 0. The van der Waals surface area contributed by atoms with Gasteiger partial charge in [-0.2, -0.15) is 5.26 Å². The largest absolute Gasteiger partial charge is 0.361 e. The molecule has 0 aromatic rings. The maximum Gasteiger partial charge on any atom is 0.181 e. The van der Waals surface area contributed by atoms with Crippen molar-refractivity contribution in [3.05, 3.63) is 9.52 Å². The Bertz CT molecular complexity index is 180. The SMILES string of the molecule is COC(C#N)C(Cl)=C(Cl)Cl. The Balaban J connectivity index is 4.34. The normalized spacial score (nSPS) is 11.9. The van der Waals surface area contributed by atoms with E-state index in [1.807, 2.05) is 0 Å². The lowest BCUT2D eigenvalue weighted by molar-refractivity contribution is 0.179. The second kappa shape index (κ2) is 4.81. The highest BCUT2D eigenvalue weighted by Crippen LogP contribution is 2.21. The minimum absolute atomic E-state index is 0.00772. The lowest BCUT2D eigenvalue weighted by atomic mass is 10.4. The number of halogens is 3. The van der Waals surface area contributed by atoms with Crippen molar-refractivity contribution in [3.8, 4) is 6.07 Å². The molecule has 1 unspecified atom stereocenters. The first kappa shape index (κ1) is 10.1. The lowest BCUT2D eigenvalue weighted by Gasteiger charge is -2.03. The Hall–Kier alpha value is 0.0600. The molecule has 0 saturated heterocycles. The van der Waals surface area contributed by atoms with Crippen molar-refractivity contribution in [1.29, 1.82) is 5.26 Å². The molecule has 0 bridgehead atoms. The molecule has 0 spiro atoms. The molecular formula is C5H4Cl3NO. The van der Waals surface area contributed by atoms with Gasteiger partial charge in [-0.1, -0.05) is 34.8 Å². The van der Waals surface area contributed by atoms with Crippen molar-refractivity contribution in [2.75, 3.05) is 7.11 Å². The van der Waals surface area contributed by atoms with E-state index in [0.29, 0.717) is 0 Å². The van der Waals surface area contributed by atoms with Crippen LogP contribution in [0.3, 0.4) is 0 Å². The molecule has 0 aliphatic carbocycles. The molecule has 0 aromatic carbocycles. The Labute approximate surface area is 73.9 Å². The van der Waals surface area contributed by atoms with Crippen LogP contribution in [0.2, 0.25) is 0 Å². The van der Waals surface area contributed by atoms with E-state index < -0.39 is 6.10 Å². The number of ether oxygens (including phenoxy) is 1. The van der Waals surface area contributed by atoms with Crippen molar-refractivity contribution in [2.24, 2.45) is 0 Å². The fraction of sp³-hybridized carbons (Fsp3) is 0.400. The van der Waals surface area contributed by atoms with Crippen molar-refractivity contribution in [2.45, 2.75) is 6.10 Å². The summed E-state index contributed by atoms with van der Waals surface area (Å²) in [5.74, 6) is 0. The summed E-state index contributed by atoms with van der Waals surface area (Å²) in [6, 6.07) is 1.75. The van der Waals surface area contributed by atoms with Crippen molar-refractivity contribution in [3.63, 3.8) is 0 Å². The number of nitriles is 1. The van der Waals surface area contributed by atoms with Crippen LogP contribution in [0.4, 0.5) is 0 Å². The highest BCUT2D eigenvalue weighted by atomic mass is 35.5. The van der Waals surface area contributed by atoms with Crippen LogP contribution in [0, 0.1) is 11.3 Å². The van der Waals surface area contributed by atoms with E-state index in [1.54, 1.807) is 6.07 Å². The smallest absolute Gasteiger partial charge is 0.181 e. The van der Waals surface area contributed by atoms with Gasteiger partial charge >= 0.3 is 0 Å². The zero-order valence-electron chi connectivity index (χ0n) is 5.07. The van der Waals surface area contributed by atoms with Crippen LogP contribution in [0.5, 0.6) is 0 Å². The standard InChI is InChI=1S/C5H4Cl3NO/c1-10-3(2-9)4(6)5(7)8/h3H,1H3. The van der Waals surface area contributed by atoms with E-state index >= 15 is 0 Å². The van der Waals surface area contributed by atoms with Crippen molar-refractivity contribution < 1.29 is 4.74 Å². The molecule has 1 atom stereocenters. The van der Waals surface area contributed by atoms with Crippen LogP contribution < -0.4 is 0 Å². The maximum absolute atomic E-state index is 8.33. The number of rotatable bonds is 2. The van der Waals surface area contributed by atoms with E-state index in [-0.39, 0.29) is 9.52 Å². The third kappa shape index (κ3) is 2.76. The number of methoxy groups -OCH3 is 1. The van der Waals surface area contributed by atoms with Crippen LogP contribution in [-0.2, 0) is 4.74 Å². The van der Waals surface area contributed by atoms with Gasteiger partial charge in [-0.25, -0.2) is 0 Å². The van der Waals surface area contributed by atoms with E-state index in [2.05, 4.69) is 4.74 Å². The van der Waals surface area contributed by atoms with Crippen molar-refractivity contribution in [1.82, 2.24) is 0 Å². The molecule has 0 heterocycles. The summed E-state index contributed by atoms with van der Waals surface area (Å²) in [5, 5.41) is 8.34. The van der Waals surface area contributed by atoms with Gasteiger partial charge in [0.2, 0.25) is 0 Å². The number of nitrogens with zero attached hydrogens (tertiary/aromatic N) is 1. The molecule has 56 valence electrons. The van der Waals surface area contributed by atoms with Gasteiger partial charge in [0.05, 0.1) is 5.03 Å². The molecule has 0 aliphatic heterocycles. The monoisotopic (exact) mass is 199 g/mol. The molecular weight excluding hydrogens is 196 g/mol. The first-order valence-electron chi connectivity index (χ1n) is 2.26. The average molecular weight is 200 g/mol. The predicted octanol–water partition coefficient (Wildman–Crippen LogP) is 2.41. The maximum atomic E-state index is 8.33. The van der Waals surface area contributed by atoms with E-state index in [9.17, 15) is 0 Å². The van der Waals surface area contributed by atoms with E-state index in [1.165, 1.54) is 7.11 Å². The van der Waals surface area contributed by atoms with Gasteiger partial charge in [-0.05, 0) is 0 Å². The van der Waals surface area contributed by atoms with Gasteiger partial charge in [0, 0.05) is 7.11 Å². The minimum atomic E-state index is -0.869. The van der Waals surface area contributed by atoms with Gasteiger partial charge in [0.15, 0.2) is 6.10 Å². The zero-order valence-corrected chi connectivity index (χ0v) is 7.33. The van der Waals surface area contributed by atoms with Crippen LogP contribution in [-0.4, -0.2) is 13.2 Å². The van der Waals surface area contributed by atoms with Crippen LogP contribution in [0.15, 0.2) is 9.52 Å². The average Bonchev–Trinajstić information content (AvgIpc) is 1.90. The first-order valence-corrected chi connectivity index (χ1v) is 3.40. The van der Waals surface area contributed by atoms with Gasteiger partial charge in [0.25, 0.3) is 0 Å². The summed E-state index contributed by atoms with van der Waals surface area (Å²) in [7, 11) is 1.34. The predicted molar refractivity (Wildman–Crippen MR) is 41.0 cm³/mol. The summed E-state index contributed by atoms with van der Waals surface area (Å²) in [6.07, 6.45) is -0.869. The van der Waals surface area contributed by atoms with Gasteiger partial charge < -0.3 is 4.74 Å². The fourth-order valence-corrected chi connectivity index (χ4v) is 0.648. The van der Waals surface area contributed by atoms with E-state index in [4.69, 9.17) is 40.1 Å². The molecule has 0 rings (SSSR count). The van der Waals surface area contributed by atoms with Gasteiger partial charge in [-0.3, -0.25) is 0 Å². The molecule has 10 heavy (non-hydrogen) atoms. The second-order valence-electron chi connectivity index (χ2n) is 1.35. The summed E-state index contributed by atoms with van der Waals surface area (Å²) < 4.78 is 4.46. The quantitative estimate of drug-likeness (QED) is 0.686. The second-order valence-corrected chi connectivity index (χ2v) is 2.71. The minimum Gasteiger partial charge on any atom is -0.361 e. The molecule has 2 nitrogen and oxygen atoms in total. The zero-order chi connectivity index (χ0) is 8.15. The summed E-state index contributed by atoms with van der Waals surface area (Å²) in [4.78, 5) is 0. The first-order chi connectivity index (χ1) is 4.63. The van der Waals surface area contributed by atoms with Crippen molar-refractivity contribution >= 4 is 34.8 Å². The summed E-state index contributed by atoms with van der Waals surface area (Å²) >= 11 is 16.0. The summed E-state index contributed by atoms with van der Waals surface area (Å²) in [5.41, 5.74) is 0. The Morgan fingerprint density at radius 3 is 2.10 bits per heavy atom. The molecule has 5 heteroatoms. The highest BCUT2D eigenvalue weighted by Gasteiger charge is 2.12. The van der Waals surface area contributed by atoms with Crippen LogP contribution >= 0.6 is 34.8 Å². The Morgan fingerprint density at radius 2 is 2.00 bits per heavy atom. The van der Waals surface area contributed by atoms with Crippen LogP contribution in [0.25, 0.3) is 0 Å². The Morgan fingerprint density at radius 1 is 1.50 bits per heavy atom. The molecule has 0 N–H and O–H groups in total. The highest BCUT2D eigenvalue weighted by molar-refractivity contribution is 6.59. The third-order valence-corrected chi connectivity index (χ3v) is 1.75. The number of hydrogen-bond acceptors (Lipinski definition) is 2. The summed E-state index contributed by atoms with van der Waals surface area (Å²) in [6.45, 7) is 0. The molecule has 0 fully saturated rings. The lowest BCUT2D eigenvalue weighted by Crippen LogP contribution is -2.07. The van der Waals surface area contributed by atoms with Gasteiger partial charge in [-0.15, -0.1) is 0 Å². The van der Waals surface area contributed by atoms with E-state index in [0.717, 1.165) is 0 Å². The molecule has 0 aromatic heterocycles. The molecule has 0 amide bonds. The van der Waals surface area contributed by atoms with Gasteiger partial charge in [0.1, 0.15) is 10.6 Å².